The lowest BCUT2D eigenvalue weighted by molar-refractivity contribution is 0.251. The van der Waals surface area contributed by atoms with Crippen LogP contribution in [0.25, 0.3) is 0 Å². The molecule has 0 N–H and O–H groups in total. The first-order valence-electron chi connectivity index (χ1n) is 4.66. The summed E-state index contributed by atoms with van der Waals surface area (Å²) >= 11 is 0.237. The lowest BCUT2D eigenvalue weighted by atomic mass is 10.1. The molecule has 15 heavy (non-hydrogen) atoms. The zero-order valence-electron chi connectivity index (χ0n) is 8.18. The van der Waals surface area contributed by atoms with E-state index in [1.807, 2.05) is 0 Å². The van der Waals surface area contributed by atoms with Crippen molar-refractivity contribution in [1.82, 2.24) is 0 Å². The summed E-state index contributed by atoms with van der Waals surface area (Å²) in [5.41, 5.74) is 0.828. The van der Waals surface area contributed by atoms with Crippen LogP contribution in [0.2, 0.25) is 0 Å². The molecule has 0 bridgehead atoms. The average molecular weight is 233 g/mol. The maximum atomic E-state index is 13.3. The van der Waals surface area contributed by atoms with Gasteiger partial charge in [-0.2, -0.15) is 8.78 Å². The SMILES string of the molecule is [CH2]CCCc1ccc(SC(F)F)c(F)c1. The highest BCUT2D eigenvalue weighted by Crippen LogP contribution is 2.28. The summed E-state index contributed by atoms with van der Waals surface area (Å²) in [6, 6.07) is 4.41. The normalized spacial score (nSPS) is 11.0. The third-order valence-corrected chi connectivity index (χ3v) is 2.69. The van der Waals surface area contributed by atoms with E-state index < -0.39 is 11.6 Å². The van der Waals surface area contributed by atoms with Gasteiger partial charge in [0, 0.05) is 4.90 Å². The molecular weight excluding hydrogens is 221 g/mol. The average Bonchev–Trinajstić information content (AvgIpc) is 2.18. The second-order valence-corrected chi connectivity index (χ2v) is 4.13. The smallest absolute Gasteiger partial charge is 0.206 e. The van der Waals surface area contributed by atoms with Gasteiger partial charge in [-0.25, -0.2) is 4.39 Å². The van der Waals surface area contributed by atoms with Crippen LogP contribution in [-0.4, -0.2) is 5.76 Å². The minimum Gasteiger partial charge on any atom is -0.206 e. The van der Waals surface area contributed by atoms with Gasteiger partial charge in [0.05, 0.1) is 0 Å². The Bertz CT molecular complexity index is 313. The second-order valence-electron chi connectivity index (χ2n) is 3.10. The van der Waals surface area contributed by atoms with Crippen molar-refractivity contribution in [2.24, 2.45) is 0 Å². The Labute approximate surface area is 91.9 Å². The van der Waals surface area contributed by atoms with Gasteiger partial charge in [0.25, 0.3) is 5.76 Å². The first kappa shape index (κ1) is 12.4. The Kier molecular flexibility index (Phi) is 5.02. The second kappa shape index (κ2) is 6.05. The van der Waals surface area contributed by atoms with Crippen molar-refractivity contribution in [2.45, 2.75) is 29.9 Å². The van der Waals surface area contributed by atoms with E-state index >= 15 is 0 Å². The van der Waals surface area contributed by atoms with Gasteiger partial charge in [0.15, 0.2) is 0 Å². The van der Waals surface area contributed by atoms with Crippen molar-refractivity contribution in [3.05, 3.63) is 36.5 Å². The molecule has 4 heteroatoms. The molecule has 0 fully saturated rings. The molecule has 0 atom stereocenters. The van der Waals surface area contributed by atoms with Crippen LogP contribution in [0.5, 0.6) is 0 Å². The van der Waals surface area contributed by atoms with Gasteiger partial charge in [-0.1, -0.05) is 31.2 Å². The molecule has 1 rings (SSSR count). The molecule has 0 aliphatic rings. The number of aryl methyl sites for hydroxylation is 1. The quantitative estimate of drug-likeness (QED) is 0.683. The van der Waals surface area contributed by atoms with Gasteiger partial charge in [-0.05, 0) is 30.5 Å². The minimum absolute atomic E-state index is 0.00312. The lowest BCUT2D eigenvalue weighted by Gasteiger charge is -2.04. The third-order valence-electron chi connectivity index (χ3n) is 1.93. The van der Waals surface area contributed by atoms with E-state index in [0.717, 1.165) is 24.8 Å². The van der Waals surface area contributed by atoms with Crippen molar-refractivity contribution in [3.8, 4) is 0 Å². The van der Waals surface area contributed by atoms with E-state index in [1.165, 1.54) is 12.1 Å². The highest BCUT2D eigenvalue weighted by atomic mass is 32.2. The van der Waals surface area contributed by atoms with Gasteiger partial charge in [0.1, 0.15) is 5.82 Å². The predicted molar refractivity (Wildman–Crippen MR) is 56.6 cm³/mol. The van der Waals surface area contributed by atoms with Gasteiger partial charge in [-0.3, -0.25) is 0 Å². The van der Waals surface area contributed by atoms with Crippen LogP contribution in [-0.2, 0) is 6.42 Å². The summed E-state index contributed by atoms with van der Waals surface area (Å²) in [5.74, 6) is -3.15. The van der Waals surface area contributed by atoms with E-state index in [9.17, 15) is 13.2 Å². The van der Waals surface area contributed by atoms with Crippen LogP contribution in [0.1, 0.15) is 18.4 Å². The third kappa shape index (κ3) is 4.16. The van der Waals surface area contributed by atoms with Crippen LogP contribution < -0.4 is 0 Å². The molecule has 0 saturated carbocycles. The van der Waals surface area contributed by atoms with Crippen LogP contribution in [0.15, 0.2) is 23.1 Å². The summed E-state index contributed by atoms with van der Waals surface area (Å²) in [6.07, 6.45) is 2.40. The van der Waals surface area contributed by atoms with Crippen LogP contribution in [0.4, 0.5) is 13.2 Å². The maximum absolute atomic E-state index is 13.3. The Morgan fingerprint density at radius 1 is 1.33 bits per heavy atom. The molecule has 0 spiro atoms. The molecule has 0 amide bonds. The molecule has 0 aliphatic heterocycles. The fourth-order valence-electron chi connectivity index (χ4n) is 1.22. The Morgan fingerprint density at radius 2 is 2.07 bits per heavy atom. The number of halogens is 3. The van der Waals surface area contributed by atoms with E-state index in [1.54, 1.807) is 6.07 Å². The number of hydrogen-bond acceptors (Lipinski definition) is 1. The van der Waals surface area contributed by atoms with Crippen molar-refractivity contribution in [2.75, 3.05) is 0 Å². The summed E-state index contributed by atoms with van der Waals surface area (Å²) in [6.45, 7) is 3.68. The van der Waals surface area contributed by atoms with E-state index in [2.05, 4.69) is 6.92 Å². The Morgan fingerprint density at radius 3 is 2.60 bits per heavy atom. The fraction of sp³-hybridized carbons (Fsp3) is 0.364. The van der Waals surface area contributed by atoms with Crippen molar-refractivity contribution < 1.29 is 13.2 Å². The largest absolute Gasteiger partial charge is 0.289 e. The van der Waals surface area contributed by atoms with Gasteiger partial charge in [-0.15, -0.1) is 0 Å². The first-order valence-corrected chi connectivity index (χ1v) is 5.54. The van der Waals surface area contributed by atoms with Crippen molar-refractivity contribution >= 4 is 11.8 Å². The lowest BCUT2D eigenvalue weighted by Crippen LogP contribution is -1.90. The van der Waals surface area contributed by atoms with E-state index in [-0.39, 0.29) is 16.7 Å². The standard InChI is InChI=1S/C11H12F3S/c1-2-3-4-8-5-6-10(9(12)7-8)15-11(13)14/h5-7,11H,1-4H2. The Balaban J connectivity index is 2.70. The number of alkyl halides is 2. The zero-order chi connectivity index (χ0) is 11.3. The van der Waals surface area contributed by atoms with Crippen LogP contribution in [0.3, 0.4) is 0 Å². The number of hydrogen-bond donors (Lipinski definition) is 0. The molecule has 83 valence electrons. The molecule has 0 heterocycles. The minimum atomic E-state index is -2.58. The van der Waals surface area contributed by atoms with Crippen LogP contribution >= 0.6 is 11.8 Å². The molecule has 1 aromatic carbocycles. The number of unbranched alkanes of at least 4 members (excludes halogenated alkanes) is 1. The molecule has 0 aromatic heterocycles. The molecule has 0 unspecified atom stereocenters. The molecular formula is C11H12F3S. The highest BCUT2D eigenvalue weighted by Gasteiger charge is 2.10. The van der Waals surface area contributed by atoms with E-state index in [0.29, 0.717) is 0 Å². The molecule has 0 saturated heterocycles. The Hall–Kier alpha value is -0.640. The molecule has 1 aromatic rings. The van der Waals surface area contributed by atoms with Crippen LogP contribution in [0, 0.1) is 12.7 Å². The monoisotopic (exact) mass is 233 g/mol. The number of rotatable bonds is 5. The van der Waals surface area contributed by atoms with E-state index in [4.69, 9.17) is 0 Å². The summed E-state index contributed by atoms with van der Waals surface area (Å²) in [4.78, 5) is 0.00312. The predicted octanol–water partition coefficient (Wildman–Crippen LogP) is 4.30. The maximum Gasteiger partial charge on any atom is 0.289 e. The fourth-order valence-corrected chi connectivity index (χ4v) is 1.73. The molecule has 0 nitrogen and oxygen atoms in total. The topological polar surface area (TPSA) is 0 Å². The summed E-state index contributed by atoms with van der Waals surface area (Å²) in [7, 11) is 0. The van der Waals surface area contributed by atoms with Crippen molar-refractivity contribution in [3.63, 3.8) is 0 Å². The first-order chi connectivity index (χ1) is 7.13. The molecule has 0 aliphatic carbocycles. The van der Waals surface area contributed by atoms with Gasteiger partial charge < -0.3 is 0 Å². The summed E-state index contributed by atoms with van der Waals surface area (Å²) in [5, 5.41) is 0. The number of thioether (sulfide) groups is 1. The number of benzene rings is 1. The highest BCUT2D eigenvalue weighted by molar-refractivity contribution is 7.99. The van der Waals surface area contributed by atoms with Gasteiger partial charge >= 0.3 is 0 Å². The zero-order valence-corrected chi connectivity index (χ0v) is 9.00. The summed E-state index contributed by atoms with van der Waals surface area (Å²) < 4.78 is 37.3. The van der Waals surface area contributed by atoms with Crippen molar-refractivity contribution in [1.29, 1.82) is 0 Å². The molecule has 1 radical (unpaired) electrons. The van der Waals surface area contributed by atoms with Gasteiger partial charge in [0.2, 0.25) is 0 Å².